The lowest BCUT2D eigenvalue weighted by molar-refractivity contribution is -0.140. The van der Waals surface area contributed by atoms with E-state index in [1.165, 1.54) is 45.6 Å². The molecule has 19 heavy (non-hydrogen) atoms. The van der Waals surface area contributed by atoms with Gasteiger partial charge in [0.15, 0.2) is 0 Å². The molecule has 110 valence electrons. The standard InChI is InChI=1S/C16H28O3/c1-19-16(18)11-9-7-5-3-2-4-6-8-10-14-12-13-15(14)17/h14H,2-13H2,1H3. The molecule has 0 bridgehead atoms. The molecular formula is C16H28O3. The molecule has 1 unspecified atom stereocenters. The number of hydrogen-bond acceptors (Lipinski definition) is 3. The summed E-state index contributed by atoms with van der Waals surface area (Å²) >= 11 is 0. The number of rotatable bonds is 11. The van der Waals surface area contributed by atoms with Crippen molar-refractivity contribution in [2.75, 3.05) is 7.11 Å². The van der Waals surface area contributed by atoms with Gasteiger partial charge in [-0.15, -0.1) is 0 Å². The highest BCUT2D eigenvalue weighted by molar-refractivity contribution is 5.86. The number of unbranched alkanes of at least 4 members (excludes halogenated alkanes) is 7. The van der Waals surface area contributed by atoms with E-state index in [9.17, 15) is 9.59 Å². The predicted octanol–water partition coefficient (Wildman–Crippen LogP) is 4.04. The predicted molar refractivity (Wildman–Crippen MR) is 75.9 cm³/mol. The fourth-order valence-electron chi connectivity index (χ4n) is 2.59. The molecule has 0 spiro atoms. The van der Waals surface area contributed by atoms with E-state index < -0.39 is 0 Å². The molecule has 1 rings (SSSR count). The molecule has 1 atom stereocenters. The number of hydrogen-bond donors (Lipinski definition) is 0. The van der Waals surface area contributed by atoms with E-state index in [1.807, 2.05) is 0 Å². The van der Waals surface area contributed by atoms with Crippen LogP contribution in [0.1, 0.15) is 77.0 Å². The first-order valence-corrected chi connectivity index (χ1v) is 7.83. The molecule has 1 aliphatic carbocycles. The Hall–Kier alpha value is -0.860. The number of carbonyl (C=O) groups is 2. The lowest BCUT2D eigenvalue weighted by Crippen LogP contribution is -2.25. The van der Waals surface area contributed by atoms with Gasteiger partial charge in [0.25, 0.3) is 0 Å². The molecular weight excluding hydrogens is 240 g/mol. The molecule has 1 aliphatic rings. The number of ketones is 1. The lowest BCUT2D eigenvalue weighted by Gasteiger charge is -2.23. The SMILES string of the molecule is COC(=O)CCCCCCCCCCC1CCC1=O. The number of ether oxygens (including phenoxy) is 1. The topological polar surface area (TPSA) is 43.4 Å². The van der Waals surface area contributed by atoms with Gasteiger partial charge < -0.3 is 4.74 Å². The third-order valence-electron chi connectivity index (χ3n) is 4.11. The largest absolute Gasteiger partial charge is 0.469 e. The first-order valence-electron chi connectivity index (χ1n) is 7.83. The van der Waals surface area contributed by atoms with Gasteiger partial charge in [0.2, 0.25) is 0 Å². The van der Waals surface area contributed by atoms with Gasteiger partial charge in [0, 0.05) is 18.8 Å². The second-order valence-corrected chi connectivity index (χ2v) is 5.65. The van der Waals surface area contributed by atoms with Gasteiger partial charge in [-0.25, -0.2) is 0 Å². The highest BCUT2D eigenvalue weighted by atomic mass is 16.5. The van der Waals surface area contributed by atoms with Gasteiger partial charge in [-0.05, 0) is 19.3 Å². The average Bonchev–Trinajstić information content (AvgIpc) is 2.42. The molecule has 0 aromatic rings. The summed E-state index contributed by atoms with van der Waals surface area (Å²) in [4.78, 5) is 22.0. The van der Waals surface area contributed by atoms with Gasteiger partial charge in [-0.3, -0.25) is 9.59 Å². The summed E-state index contributed by atoms with van der Waals surface area (Å²) in [6.45, 7) is 0. The van der Waals surface area contributed by atoms with E-state index in [0.717, 1.165) is 32.1 Å². The molecule has 0 N–H and O–H groups in total. The summed E-state index contributed by atoms with van der Waals surface area (Å²) in [6, 6.07) is 0. The van der Waals surface area contributed by atoms with E-state index in [-0.39, 0.29) is 5.97 Å². The van der Waals surface area contributed by atoms with E-state index >= 15 is 0 Å². The van der Waals surface area contributed by atoms with Crippen LogP contribution in [0.25, 0.3) is 0 Å². The molecule has 3 heteroatoms. The van der Waals surface area contributed by atoms with E-state index in [0.29, 0.717) is 18.1 Å². The normalized spacial score (nSPS) is 18.2. The minimum absolute atomic E-state index is 0.0921. The zero-order chi connectivity index (χ0) is 13.9. The second kappa shape index (κ2) is 9.99. The highest BCUT2D eigenvalue weighted by Crippen LogP contribution is 2.27. The number of esters is 1. The molecule has 0 aromatic heterocycles. The highest BCUT2D eigenvalue weighted by Gasteiger charge is 2.26. The molecule has 1 saturated carbocycles. The molecule has 0 aliphatic heterocycles. The smallest absolute Gasteiger partial charge is 0.305 e. The average molecular weight is 268 g/mol. The Bertz CT molecular complexity index is 273. The Morgan fingerprint density at radius 1 is 1.05 bits per heavy atom. The first kappa shape index (κ1) is 16.2. The first-order chi connectivity index (χ1) is 9.24. The summed E-state index contributed by atoms with van der Waals surface area (Å²) in [5, 5.41) is 0. The fourth-order valence-corrected chi connectivity index (χ4v) is 2.59. The van der Waals surface area contributed by atoms with E-state index in [1.54, 1.807) is 0 Å². The van der Waals surface area contributed by atoms with Crippen molar-refractivity contribution in [2.24, 2.45) is 5.92 Å². The van der Waals surface area contributed by atoms with Crippen LogP contribution >= 0.6 is 0 Å². The summed E-state index contributed by atoms with van der Waals surface area (Å²) in [5.41, 5.74) is 0. The molecule has 1 fully saturated rings. The zero-order valence-corrected chi connectivity index (χ0v) is 12.3. The van der Waals surface area contributed by atoms with Crippen molar-refractivity contribution in [3.63, 3.8) is 0 Å². The molecule has 0 amide bonds. The van der Waals surface area contributed by atoms with Crippen LogP contribution in [0.15, 0.2) is 0 Å². The summed E-state index contributed by atoms with van der Waals surface area (Å²) in [5.74, 6) is 0.814. The third-order valence-corrected chi connectivity index (χ3v) is 4.11. The Kier molecular flexibility index (Phi) is 8.52. The Morgan fingerprint density at radius 2 is 1.63 bits per heavy atom. The van der Waals surface area contributed by atoms with Crippen LogP contribution in [0.2, 0.25) is 0 Å². The Morgan fingerprint density at radius 3 is 2.11 bits per heavy atom. The maximum absolute atomic E-state index is 11.1. The van der Waals surface area contributed by atoms with Crippen molar-refractivity contribution in [1.82, 2.24) is 0 Å². The number of carbonyl (C=O) groups excluding carboxylic acids is 2. The quantitative estimate of drug-likeness (QED) is 0.419. The molecule has 0 saturated heterocycles. The van der Waals surface area contributed by atoms with Crippen molar-refractivity contribution in [2.45, 2.75) is 77.0 Å². The zero-order valence-electron chi connectivity index (χ0n) is 12.3. The van der Waals surface area contributed by atoms with Gasteiger partial charge in [-0.1, -0.05) is 44.9 Å². The van der Waals surface area contributed by atoms with Crippen LogP contribution < -0.4 is 0 Å². The van der Waals surface area contributed by atoms with Crippen LogP contribution in [0.4, 0.5) is 0 Å². The van der Waals surface area contributed by atoms with Gasteiger partial charge in [0.1, 0.15) is 5.78 Å². The molecule has 0 heterocycles. The van der Waals surface area contributed by atoms with Crippen LogP contribution in [0.5, 0.6) is 0 Å². The van der Waals surface area contributed by atoms with Crippen LogP contribution in [-0.4, -0.2) is 18.9 Å². The van der Waals surface area contributed by atoms with Crippen molar-refractivity contribution in [1.29, 1.82) is 0 Å². The number of Topliss-reactive ketones (excluding diaryl/α,β-unsaturated/α-hetero) is 1. The van der Waals surface area contributed by atoms with Gasteiger partial charge in [0.05, 0.1) is 7.11 Å². The van der Waals surface area contributed by atoms with Crippen LogP contribution in [-0.2, 0) is 14.3 Å². The van der Waals surface area contributed by atoms with Crippen molar-refractivity contribution < 1.29 is 14.3 Å². The number of methoxy groups -OCH3 is 1. The van der Waals surface area contributed by atoms with Gasteiger partial charge >= 0.3 is 5.97 Å². The van der Waals surface area contributed by atoms with E-state index in [2.05, 4.69) is 4.74 Å². The van der Waals surface area contributed by atoms with Crippen LogP contribution in [0, 0.1) is 5.92 Å². The van der Waals surface area contributed by atoms with Crippen molar-refractivity contribution in [3.8, 4) is 0 Å². The minimum atomic E-state index is -0.0921. The fraction of sp³-hybridized carbons (Fsp3) is 0.875. The van der Waals surface area contributed by atoms with E-state index in [4.69, 9.17) is 0 Å². The lowest BCUT2D eigenvalue weighted by atomic mass is 9.80. The summed E-state index contributed by atoms with van der Waals surface area (Å²) in [7, 11) is 1.44. The minimum Gasteiger partial charge on any atom is -0.469 e. The second-order valence-electron chi connectivity index (χ2n) is 5.65. The summed E-state index contributed by atoms with van der Waals surface area (Å²) in [6.07, 6.45) is 13.3. The molecule has 3 nitrogen and oxygen atoms in total. The van der Waals surface area contributed by atoms with Crippen LogP contribution in [0.3, 0.4) is 0 Å². The molecule has 0 aromatic carbocycles. The maximum atomic E-state index is 11.1. The van der Waals surface area contributed by atoms with Crippen molar-refractivity contribution >= 4 is 11.8 Å². The monoisotopic (exact) mass is 268 g/mol. The Labute approximate surface area is 117 Å². The Balaban J connectivity index is 1.74. The van der Waals surface area contributed by atoms with Crippen molar-refractivity contribution in [3.05, 3.63) is 0 Å². The summed E-state index contributed by atoms with van der Waals surface area (Å²) < 4.78 is 4.60. The van der Waals surface area contributed by atoms with Gasteiger partial charge in [-0.2, -0.15) is 0 Å². The molecule has 0 radical (unpaired) electrons. The maximum Gasteiger partial charge on any atom is 0.305 e. The third kappa shape index (κ3) is 7.34.